The molecule has 2 nitrogen and oxygen atoms in total. The lowest BCUT2D eigenvalue weighted by molar-refractivity contribution is 0.368. The predicted molar refractivity (Wildman–Crippen MR) is 67.6 cm³/mol. The molecule has 0 N–H and O–H groups in total. The lowest BCUT2D eigenvalue weighted by Crippen LogP contribution is -2.26. The first-order valence-corrected chi connectivity index (χ1v) is 6.39. The smallest absolute Gasteiger partial charge is 0.250 e. The van der Waals surface area contributed by atoms with Crippen LogP contribution in [0.3, 0.4) is 0 Å². The van der Waals surface area contributed by atoms with Gasteiger partial charge >= 0.3 is 0 Å². The molecule has 1 heterocycles. The largest absolute Gasteiger partial charge is 0.315 e. The van der Waals surface area contributed by atoms with Crippen molar-refractivity contribution in [2.24, 2.45) is 11.8 Å². The number of rotatable bonds is 4. The first kappa shape index (κ1) is 12.5. The Hall–Kier alpha value is -0.570. The molecule has 0 saturated carbocycles. The van der Waals surface area contributed by atoms with Crippen molar-refractivity contribution < 1.29 is 0 Å². The highest BCUT2D eigenvalue weighted by atomic mass is 79.9. The number of nitrogens with zero attached hydrogens (tertiary/aromatic N) is 1. The lowest BCUT2D eigenvalue weighted by Gasteiger charge is -2.19. The minimum atomic E-state index is 0.0987. The number of hydrogen-bond acceptors (Lipinski definition) is 1. The molecule has 0 aliphatic rings. The van der Waals surface area contributed by atoms with Gasteiger partial charge in [0, 0.05) is 24.1 Å². The Balaban J connectivity index is 2.84. The fraction of sp³-hybridized carbons (Fsp3) is 0.583. The first-order chi connectivity index (χ1) is 7.04. The minimum Gasteiger partial charge on any atom is -0.315 e. The van der Waals surface area contributed by atoms with Crippen molar-refractivity contribution in [3.05, 3.63) is 34.2 Å². The molecule has 0 spiro atoms. The summed E-state index contributed by atoms with van der Waals surface area (Å²) in [5.74, 6) is 1.09. The number of hydrogen-bond donors (Lipinski definition) is 0. The van der Waals surface area contributed by atoms with Gasteiger partial charge in [-0.2, -0.15) is 0 Å². The Morgan fingerprint density at radius 1 is 1.47 bits per heavy atom. The minimum absolute atomic E-state index is 0.0987. The van der Waals surface area contributed by atoms with Crippen LogP contribution in [0.1, 0.15) is 19.4 Å². The van der Waals surface area contributed by atoms with Crippen molar-refractivity contribution in [1.29, 1.82) is 0 Å². The standard InChI is InChI=1S/C12H18BrNO/c1-9(2)11(7-13)8-14-5-4-10(3)6-12(14)15/h4-6,9,11H,7-8H2,1-3H3. The van der Waals surface area contributed by atoms with E-state index in [4.69, 9.17) is 0 Å². The lowest BCUT2D eigenvalue weighted by atomic mass is 9.98. The van der Waals surface area contributed by atoms with Gasteiger partial charge in [0.05, 0.1) is 0 Å². The molecule has 1 rings (SSSR count). The summed E-state index contributed by atoms with van der Waals surface area (Å²) in [7, 11) is 0. The summed E-state index contributed by atoms with van der Waals surface area (Å²) < 4.78 is 1.79. The molecule has 3 heteroatoms. The second-order valence-corrected chi connectivity index (χ2v) is 5.00. The molecule has 1 atom stereocenters. The van der Waals surface area contributed by atoms with E-state index in [9.17, 15) is 4.79 Å². The molecule has 0 aromatic carbocycles. The van der Waals surface area contributed by atoms with Crippen molar-refractivity contribution >= 4 is 15.9 Å². The Morgan fingerprint density at radius 2 is 2.13 bits per heavy atom. The fourth-order valence-corrected chi connectivity index (χ4v) is 2.40. The third-order valence-electron chi connectivity index (χ3n) is 2.72. The molecule has 1 unspecified atom stereocenters. The van der Waals surface area contributed by atoms with E-state index in [2.05, 4.69) is 29.8 Å². The zero-order valence-electron chi connectivity index (χ0n) is 9.53. The second kappa shape index (κ2) is 5.50. The van der Waals surface area contributed by atoms with Crippen LogP contribution in [0.25, 0.3) is 0 Å². The summed E-state index contributed by atoms with van der Waals surface area (Å²) >= 11 is 3.50. The molecule has 15 heavy (non-hydrogen) atoms. The van der Waals surface area contributed by atoms with Gasteiger partial charge in [-0.15, -0.1) is 0 Å². The summed E-state index contributed by atoms with van der Waals surface area (Å²) in [6, 6.07) is 3.67. The van der Waals surface area contributed by atoms with Gasteiger partial charge in [-0.25, -0.2) is 0 Å². The van der Waals surface area contributed by atoms with Crippen LogP contribution >= 0.6 is 15.9 Å². The van der Waals surface area contributed by atoms with Crippen LogP contribution in [0, 0.1) is 18.8 Å². The molecule has 1 aromatic rings. The molecule has 0 aliphatic heterocycles. The molecule has 0 saturated heterocycles. The van der Waals surface area contributed by atoms with E-state index >= 15 is 0 Å². The summed E-state index contributed by atoms with van der Waals surface area (Å²) in [4.78, 5) is 11.7. The first-order valence-electron chi connectivity index (χ1n) is 5.27. The predicted octanol–water partition coefficient (Wildman–Crippen LogP) is 2.82. The van der Waals surface area contributed by atoms with Gasteiger partial charge in [-0.05, 0) is 30.4 Å². The van der Waals surface area contributed by atoms with Gasteiger partial charge in [0.1, 0.15) is 0 Å². The zero-order valence-corrected chi connectivity index (χ0v) is 11.1. The van der Waals surface area contributed by atoms with Crippen molar-refractivity contribution in [1.82, 2.24) is 4.57 Å². The summed E-state index contributed by atoms with van der Waals surface area (Å²) in [6.45, 7) is 7.11. The van der Waals surface area contributed by atoms with Crippen LogP contribution in [0.4, 0.5) is 0 Å². The van der Waals surface area contributed by atoms with Crippen molar-refractivity contribution in [3.8, 4) is 0 Å². The molecule has 0 fully saturated rings. The summed E-state index contributed by atoms with van der Waals surface area (Å²) in [5, 5.41) is 0.935. The molecule has 0 aliphatic carbocycles. The van der Waals surface area contributed by atoms with E-state index in [0.29, 0.717) is 11.8 Å². The summed E-state index contributed by atoms with van der Waals surface area (Å²) in [6.07, 6.45) is 1.88. The Labute approximate surface area is 99.4 Å². The van der Waals surface area contributed by atoms with E-state index in [1.807, 2.05) is 19.2 Å². The Kier molecular flexibility index (Phi) is 4.58. The van der Waals surface area contributed by atoms with Crippen molar-refractivity contribution in [2.75, 3.05) is 5.33 Å². The number of halogens is 1. The fourth-order valence-electron chi connectivity index (χ4n) is 1.45. The SMILES string of the molecule is Cc1ccn(CC(CBr)C(C)C)c(=O)c1. The number of alkyl halides is 1. The maximum absolute atomic E-state index is 11.7. The quantitative estimate of drug-likeness (QED) is 0.772. The Morgan fingerprint density at radius 3 is 2.60 bits per heavy atom. The molecule has 0 amide bonds. The highest BCUT2D eigenvalue weighted by Crippen LogP contribution is 2.15. The van der Waals surface area contributed by atoms with Crippen LogP contribution in [0.5, 0.6) is 0 Å². The molecule has 0 radical (unpaired) electrons. The van der Waals surface area contributed by atoms with Gasteiger partial charge in [0.25, 0.3) is 5.56 Å². The van der Waals surface area contributed by atoms with Crippen LogP contribution < -0.4 is 5.56 Å². The third kappa shape index (κ3) is 3.49. The number of pyridine rings is 1. The number of aryl methyl sites for hydroxylation is 1. The van der Waals surface area contributed by atoms with Crippen LogP contribution in [-0.2, 0) is 6.54 Å². The van der Waals surface area contributed by atoms with E-state index < -0.39 is 0 Å². The highest BCUT2D eigenvalue weighted by Gasteiger charge is 2.12. The van der Waals surface area contributed by atoms with E-state index in [-0.39, 0.29) is 5.56 Å². The van der Waals surface area contributed by atoms with E-state index in [1.165, 1.54) is 0 Å². The molecule has 1 aromatic heterocycles. The van der Waals surface area contributed by atoms with Crippen molar-refractivity contribution in [2.45, 2.75) is 27.3 Å². The molecule has 84 valence electrons. The maximum Gasteiger partial charge on any atom is 0.250 e. The average molecular weight is 272 g/mol. The molecular weight excluding hydrogens is 254 g/mol. The van der Waals surface area contributed by atoms with Gasteiger partial charge in [-0.3, -0.25) is 4.79 Å². The van der Waals surface area contributed by atoms with E-state index in [0.717, 1.165) is 17.4 Å². The van der Waals surface area contributed by atoms with Crippen LogP contribution in [-0.4, -0.2) is 9.90 Å². The Bertz CT molecular complexity index is 370. The molecule has 0 bridgehead atoms. The van der Waals surface area contributed by atoms with Gasteiger partial charge < -0.3 is 4.57 Å². The second-order valence-electron chi connectivity index (χ2n) is 4.35. The van der Waals surface area contributed by atoms with Gasteiger partial charge in [-0.1, -0.05) is 29.8 Å². The van der Waals surface area contributed by atoms with Crippen LogP contribution in [0.2, 0.25) is 0 Å². The topological polar surface area (TPSA) is 22.0 Å². The maximum atomic E-state index is 11.7. The average Bonchev–Trinajstić information content (AvgIpc) is 2.16. The van der Waals surface area contributed by atoms with E-state index in [1.54, 1.807) is 10.6 Å². The monoisotopic (exact) mass is 271 g/mol. The summed E-state index contributed by atoms with van der Waals surface area (Å²) in [5.41, 5.74) is 1.12. The zero-order chi connectivity index (χ0) is 11.4. The highest BCUT2D eigenvalue weighted by molar-refractivity contribution is 9.09. The van der Waals surface area contributed by atoms with Crippen LogP contribution in [0.15, 0.2) is 23.1 Å². The normalized spacial score (nSPS) is 13.1. The number of aromatic nitrogens is 1. The molecular formula is C12H18BrNO. The van der Waals surface area contributed by atoms with Gasteiger partial charge in [0.2, 0.25) is 0 Å². The van der Waals surface area contributed by atoms with Gasteiger partial charge in [0.15, 0.2) is 0 Å². The third-order valence-corrected chi connectivity index (χ3v) is 3.56. The van der Waals surface area contributed by atoms with Crippen molar-refractivity contribution in [3.63, 3.8) is 0 Å².